The van der Waals surface area contributed by atoms with Gasteiger partial charge in [0.2, 0.25) is 5.91 Å². The Hall–Kier alpha value is -1.51. The zero-order valence-electron chi connectivity index (χ0n) is 48.0. The first-order chi connectivity index (χ1) is 34.4. The molecule has 0 aromatic rings. The molecule has 3 unspecified atom stereocenters. The number of esters is 1. The van der Waals surface area contributed by atoms with Gasteiger partial charge in [0.25, 0.3) is 7.82 Å². The fourth-order valence-electron chi connectivity index (χ4n) is 9.11. The maximum absolute atomic E-state index is 13.5. The molecular formula is C61H119N2O7P. The van der Waals surface area contributed by atoms with Crippen LogP contribution in [0.1, 0.15) is 303 Å². The van der Waals surface area contributed by atoms with E-state index in [0.717, 1.165) is 57.8 Å². The van der Waals surface area contributed by atoms with Crippen molar-refractivity contribution in [3.05, 3.63) is 24.3 Å². The first-order valence-electron chi connectivity index (χ1n) is 30.6. The number of carbonyl (C=O) groups is 2. The number of amides is 1. The highest BCUT2D eigenvalue weighted by Crippen LogP contribution is 2.38. The lowest BCUT2D eigenvalue weighted by atomic mass is 10.0. The average Bonchev–Trinajstić information content (AvgIpc) is 3.33. The second kappa shape index (κ2) is 52.0. The number of likely N-dealkylation sites (N-methyl/N-ethyl adjacent to an activating group) is 1. The monoisotopic (exact) mass is 1020 g/mol. The SMILES string of the molecule is CCCCCCCC/C=C/CCCCCCCCCCCCCC(=O)OC(/C=C/CCCCCCCCCCC)C(COP(=O)([O-])OCC[N+](C)(C)C)NC(=O)CCCCCCCCCCCCCCC. The molecule has 71 heavy (non-hydrogen) atoms. The first kappa shape index (κ1) is 69.5. The Morgan fingerprint density at radius 3 is 1.20 bits per heavy atom. The van der Waals surface area contributed by atoms with Gasteiger partial charge in [-0.1, -0.05) is 257 Å². The van der Waals surface area contributed by atoms with Crippen molar-refractivity contribution >= 4 is 19.7 Å². The van der Waals surface area contributed by atoms with E-state index >= 15 is 0 Å². The second-order valence-corrected chi connectivity index (χ2v) is 23.6. The van der Waals surface area contributed by atoms with Crippen LogP contribution in [-0.4, -0.2) is 69.4 Å². The number of quaternary nitrogens is 1. The quantitative estimate of drug-likeness (QED) is 0.0212. The van der Waals surface area contributed by atoms with E-state index in [1.165, 1.54) is 212 Å². The highest BCUT2D eigenvalue weighted by molar-refractivity contribution is 7.45. The molecule has 9 nitrogen and oxygen atoms in total. The molecule has 0 rings (SSSR count). The average molecular weight is 1020 g/mol. The molecule has 0 radical (unpaired) electrons. The lowest BCUT2D eigenvalue weighted by Crippen LogP contribution is -2.47. The number of ether oxygens (including phenoxy) is 1. The van der Waals surface area contributed by atoms with E-state index in [0.29, 0.717) is 17.4 Å². The third-order valence-corrected chi connectivity index (χ3v) is 14.8. The van der Waals surface area contributed by atoms with E-state index in [1.807, 2.05) is 33.3 Å². The van der Waals surface area contributed by atoms with Crippen LogP contribution >= 0.6 is 7.82 Å². The molecule has 0 spiro atoms. The highest BCUT2D eigenvalue weighted by Gasteiger charge is 2.27. The number of hydrogen-bond donors (Lipinski definition) is 1. The maximum Gasteiger partial charge on any atom is 0.306 e. The summed E-state index contributed by atoms with van der Waals surface area (Å²) in [5.41, 5.74) is 0. The predicted octanol–water partition coefficient (Wildman–Crippen LogP) is 17.9. The van der Waals surface area contributed by atoms with Gasteiger partial charge >= 0.3 is 5.97 Å². The molecule has 0 aromatic heterocycles. The van der Waals surface area contributed by atoms with Crippen LogP contribution < -0.4 is 10.2 Å². The summed E-state index contributed by atoms with van der Waals surface area (Å²) >= 11 is 0. The lowest BCUT2D eigenvalue weighted by Gasteiger charge is -2.30. The van der Waals surface area contributed by atoms with Crippen LogP contribution in [0.25, 0.3) is 0 Å². The molecule has 10 heteroatoms. The van der Waals surface area contributed by atoms with Crippen molar-refractivity contribution in [2.75, 3.05) is 40.9 Å². The Bertz CT molecular complexity index is 1270. The van der Waals surface area contributed by atoms with E-state index in [1.54, 1.807) is 0 Å². The Morgan fingerprint density at radius 2 is 0.817 bits per heavy atom. The molecule has 0 aliphatic heterocycles. The molecule has 0 bridgehead atoms. The zero-order chi connectivity index (χ0) is 52.2. The number of phosphoric ester groups is 1. The minimum Gasteiger partial charge on any atom is -0.756 e. The van der Waals surface area contributed by atoms with Crippen molar-refractivity contribution in [1.29, 1.82) is 0 Å². The van der Waals surface area contributed by atoms with Gasteiger partial charge in [-0.15, -0.1) is 0 Å². The fraction of sp³-hybridized carbons (Fsp3) is 0.902. The van der Waals surface area contributed by atoms with Crippen LogP contribution in [0.3, 0.4) is 0 Å². The molecule has 0 saturated heterocycles. The molecule has 420 valence electrons. The summed E-state index contributed by atoms with van der Waals surface area (Å²) in [6.07, 6.45) is 60.0. The highest BCUT2D eigenvalue weighted by atomic mass is 31.2. The minimum absolute atomic E-state index is 0.0188. The minimum atomic E-state index is -4.69. The standard InChI is InChI=1S/C61H119N2O7P/c1-7-10-13-16-19-22-25-27-28-29-30-31-32-33-34-36-39-42-45-48-51-54-61(65)70-59(52-49-46-43-40-37-24-21-18-15-12-9-3)58(57-69-71(66,67)68-56-55-63(4,5)6)62-60(64)53-50-47-44-41-38-35-26-23-20-17-14-11-8-2/h27-28,49,52,58-59H,7-26,29-48,50-51,53-57H2,1-6H3,(H-,62,64,66,67)/b28-27+,52-49+. The largest absolute Gasteiger partial charge is 0.756 e. The Labute approximate surface area is 441 Å². The summed E-state index contributed by atoms with van der Waals surface area (Å²) in [7, 11) is 1.20. The van der Waals surface area contributed by atoms with Gasteiger partial charge in [0.1, 0.15) is 19.3 Å². The summed E-state index contributed by atoms with van der Waals surface area (Å²) in [5, 5.41) is 3.03. The predicted molar refractivity (Wildman–Crippen MR) is 303 cm³/mol. The number of nitrogens with one attached hydrogen (secondary N) is 1. The lowest BCUT2D eigenvalue weighted by molar-refractivity contribution is -0.870. The van der Waals surface area contributed by atoms with Gasteiger partial charge in [0, 0.05) is 12.8 Å². The van der Waals surface area contributed by atoms with E-state index in [9.17, 15) is 19.0 Å². The number of rotatable bonds is 56. The Morgan fingerprint density at radius 1 is 0.479 bits per heavy atom. The van der Waals surface area contributed by atoms with Gasteiger partial charge in [0.15, 0.2) is 0 Å². The van der Waals surface area contributed by atoms with Crippen LogP contribution in [0.4, 0.5) is 0 Å². The van der Waals surface area contributed by atoms with Gasteiger partial charge < -0.3 is 28.5 Å². The van der Waals surface area contributed by atoms with E-state index in [2.05, 4.69) is 38.2 Å². The molecule has 0 fully saturated rings. The van der Waals surface area contributed by atoms with Crippen LogP contribution in [0.5, 0.6) is 0 Å². The molecule has 1 N–H and O–H groups in total. The molecule has 0 saturated carbocycles. The number of allylic oxidation sites excluding steroid dienone is 3. The summed E-state index contributed by atoms with van der Waals surface area (Å²) in [6, 6.07) is -0.881. The van der Waals surface area contributed by atoms with Crippen molar-refractivity contribution in [2.24, 2.45) is 0 Å². The second-order valence-electron chi connectivity index (χ2n) is 22.2. The van der Waals surface area contributed by atoms with Crippen molar-refractivity contribution in [3.8, 4) is 0 Å². The molecule has 0 aromatic carbocycles. The molecule has 1 amide bonds. The number of hydrogen-bond acceptors (Lipinski definition) is 7. The zero-order valence-corrected chi connectivity index (χ0v) is 48.8. The number of nitrogens with zero attached hydrogens (tertiary/aromatic N) is 1. The topological polar surface area (TPSA) is 114 Å². The van der Waals surface area contributed by atoms with Gasteiger partial charge in [-0.05, 0) is 57.4 Å². The third kappa shape index (κ3) is 53.1. The maximum atomic E-state index is 13.5. The number of phosphoric acid groups is 1. The Balaban J connectivity index is 5.15. The van der Waals surface area contributed by atoms with Crippen LogP contribution in [0.2, 0.25) is 0 Å². The molecular weight excluding hydrogens is 904 g/mol. The van der Waals surface area contributed by atoms with Crippen LogP contribution in [0, 0.1) is 0 Å². The van der Waals surface area contributed by atoms with Crippen LogP contribution in [-0.2, 0) is 27.9 Å². The van der Waals surface area contributed by atoms with Crippen LogP contribution in [0.15, 0.2) is 24.3 Å². The van der Waals surface area contributed by atoms with Gasteiger partial charge in [-0.25, -0.2) is 0 Å². The van der Waals surface area contributed by atoms with E-state index in [4.69, 9.17) is 13.8 Å². The smallest absolute Gasteiger partial charge is 0.306 e. The fourth-order valence-corrected chi connectivity index (χ4v) is 9.83. The summed E-state index contributed by atoms with van der Waals surface area (Å²) in [5.74, 6) is -0.528. The van der Waals surface area contributed by atoms with Gasteiger partial charge in [-0.2, -0.15) is 0 Å². The summed E-state index contributed by atoms with van der Waals surface area (Å²) in [4.78, 5) is 39.9. The number of unbranched alkanes of at least 4 members (excludes halogenated alkanes) is 38. The van der Waals surface area contributed by atoms with Gasteiger partial charge in [-0.3, -0.25) is 14.2 Å². The van der Waals surface area contributed by atoms with Crippen molar-refractivity contribution < 1.29 is 37.3 Å². The molecule has 0 aliphatic rings. The van der Waals surface area contributed by atoms with Crippen molar-refractivity contribution in [3.63, 3.8) is 0 Å². The third-order valence-electron chi connectivity index (χ3n) is 13.9. The van der Waals surface area contributed by atoms with Gasteiger partial charge in [0.05, 0.1) is 33.8 Å². The number of carbonyl (C=O) groups excluding carboxylic acids is 2. The van der Waals surface area contributed by atoms with E-state index in [-0.39, 0.29) is 31.5 Å². The molecule has 3 atom stereocenters. The summed E-state index contributed by atoms with van der Waals surface area (Å²) < 4.78 is 30.3. The molecule has 0 heterocycles. The summed E-state index contributed by atoms with van der Waals surface area (Å²) in [6.45, 7) is 6.86. The van der Waals surface area contributed by atoms with E-state index < -0.39 is 20.0 Å². The first-order valence-corrected chi connectivity index (χ1v) is 32.1. The van der Waals surface area contributed by atoms with Crippen molar-refractivity contribution in [2.45, 2.75) is 315 Å². The van der Waals surface area contributed by atoms with Crippen molar-refractivity contribution in [1.82, 2.24) is 5.32 Å². The Kier molecular flexibility index (Phi) is 50.8. The normalized spacial score (nSPS) is 13.8. The molecule has 0 aliphatic carbocycles.